The van der Waals surface area contributed by atoms with Crippen LogP contribution >= 0.6 is 11.6 Å². The number of anilines is 1. The second-order valence-electron chi connectivity index (χ2n) is 5.78. The minimum atomic E-state index is -0.580. The number of rotatable bonds is 2. The third kappa shape index (κ3) is 2.20. The number of fused-ring (bicyclic) bond motifs is 1. The summed E-state index contributed by atoms with van der Waals surface area (Å²) in [6.07, 6.45) is 0.118. The van der Waals surface area contributed by atoms with Crippen molar-refractivity contribution in [1.82, 2.24) is 9.55 Å². The number of carbonyl (C=O) groups excluding carboxylic acids is 2. The van der Waals surface area contributed by atoms with Crippen LogP contribution in [0.3, 0.4) is 0 Å². The van der Waals surface area contributed by atoms with Crippen molar-refractivity contribution in [3.63, 3.8) is 0 Å². The van der Waals surface area contributed by atoms with Gasteiger partial charge in [0.1, 0.15) is 11.9 Å². The van der Waals surface area contributed by atoms with Crippen molar-refractivity contribution in [2.24, 2.45) is 0 Å². The molecular formula is C18H14ClN3O2. The molecular weight excluding hydrogens is 326 g/mol. The van der Waals surface area contributed by atoms with Crippen molar-refractivity contribution in [1.29, 1.82) is 0 Å². The maximum Gasteiger partial charge on any atom is 0.257 e. The van der Waals surface area contributed by atoms with Gasteiger partial charge in [0, 0.05) is 5.02 Å². The Balaban J connectivity index is 1.79. The Kier molecular flexibility index (Phi) is 3.39. The number of hydrogen-bond donors (Lipinski definition) is 0. The monoisotopic (exact) mass is 339 g/mol. The lowest BCUT2D eigenvalue weighted by Gasteiger charge is -2.17. The zero-order valence-corrected chi connectivity index (χ0v) is 13.7. The highest BCUT2D eigenvalue weighted by Crippen LogP contribution is 2.33. The predicted molar refractivity (Wildman–Crippen MR) is 92.1 cm³/mol. The molecule has 0 saturated carbocycles. The van der Waals surface area contributed by atoms with Gasteiger partial charge in [-0.25, -0.2) is 9.88 Å². The van der Waals surface area contributed by atoms with E-state index in [1.165, 1.54) is 4.90 Å². The average molecular weight is 340 g/mol. The molecule has 0 unspecified atom stereocenters. The average Bonchev–Trinajstić information content (AvgIpc) is 3.02. The van der Waals surface area contributed by atoms with Crippen LogP contribution in [0, 0.1) is 6.92 Å². The summed E-state index contributed by atoms with van der Waals surface area (Å²) in [6, 6.07) is 13.8. The molecule has 1 aromatic heterocycles. The molecule has 1 saturated heterocycles. The third-order valence-corrected chi connectivity index (χ3v) is 4.51. The van der Waals surface area contributed by atoms with Crippen LogP contribution in [0.4, 0.5) is 5.69 Å². The van der Waals surface area contributed by atoms with Crippen LogP contribution in [0.5, 0.6) is 0 Å². The van der Waals surface area contributed by atoms with E-state index in [-0.39, 0.29) is 18.2 Å². The first kappa shape index (κ1) is 14.9. The number of halogens is 1. The number of hydrogen-bond acceptors (Lipinski definition) is 3. The van der Waals surface area contributed by atoms with E-state index in [4.69, 9.17) is 11.6 Å². The lowest BCUT2D eigenvalue weighted by atomic mass is 10.2. The van der Waals surface area contributed by atoms with E-state index < -0.39 is 6.04 Å². The molecule has 2 heterocycles. The van der Waals surface area contributed by atoms with Crippen molar-refractivity contribution in [2.75, 3.05) is 4.90 Å². The van der Waals surface area contributed by atoms with Gasteiger partial charge in [0.15, 0.2) is 0 Å². The highest BCUT2D eigenvalue weighted by atomic mass is 35.5. The Morgan fingerprint density at radius 1 is 1.12 bits per heavy atom. The van der Waals surface area contributed by atoms with E-state index in [0.29, 0.717) is 10.7 Å². The van der Waals surface area contributed by atoms with Gasteiger partial charge in [0.25, 0.3) is 5.91 Å². The van der Waals surface area contributed by atoms with E-state index in [9.17, 15) is 9.59 Å². The highest BCUT2D eigenvalue weighted by molar-refractivity contribution is 6.31. The van der Waals surface area contributed by atoms with Crippen molar-refractivity contribution in [3.8, 4) is 0 Å². The lowest BCUT2D eigenvalue weighted by Crippen LogP contribution is -2.31. The second-order valence-corrected chi connectivity index (χ2v) is 6.22. The van der Waals surface area contributed by atoms with Crippen LogP contribution in [0.15, 0.2) is 48.5 Å². The highest BCUT2D eigenvalue weighted by Gasteiger charge is 2.41. The molecule has 120 valence electrons. The zero-order chi connectivity index (χ0) is 16.8. The number of imide groups is 1. The number of imidazole rings is 1. The number of amides is 2. The fourth-order valence-corrected chi connectivity index (χ4v) is 3.45. The smallest absolute Gasteiger partial charge is 0.257 e. The van der Waals surface area contributed by atoms with Crippen LogP contribution in [-0.4, -0.2) is 21.4 Å². The Morgan fingerprint density at radius 3 is 2.71 bits per heavy atom. The van der Waals surface area contributed by atoms with Crippen LogP contribution < -0.4 is 4.90 Å². The maximum absolute atomic E-state index is 12.9. The summed E-state index contributed by atoms with van der Waals surface area (Å²) >= 11 is 5.99. The molecule has 24 heavy (non-hydrogen) atoms. The number of benzene rings is 2. The van der Waals surface area contributed by atoms with Gasteiger partial charge in [-0.2, -0.15) is 0 Å². The van der Waals surface area contributed by atoms with Crippen molar-refractivity contribution >= 4 is 40.1 Å². The molecule has 2 aromatic carbocycles. The first-order chi connectivity index (χ1) is 11.6. The Labute approximate surface area is 143 Å². The lowest BCUT2D eigenvalue weighted by molar-refractivity contribution is -0.122. The molecule has 5 nitrogen and oxygen atoms in total. The largest absolute Gasteiger partial charge is 0.315 e. The third-order valence-electron chi connectivity index (χ3n) is 4.27. The quantitative estimate of drug-likeness (QED) is 0.671. The van der Waals surface area contributed by atoms with Gasteiger partial charge >= 0.3 is 0 Å². The minimum Gasteiger partial charge on any atom is -0.315 e. The molecule has 0 spiro atoms. The summed E-state index contributed by atoms with van der Waals surface area (Å²) in [7, 11) is 0. The van der Waals surface area contributed by atoms with Crippen LogP contribution in [0.1, 0.15) is 18.3 Å². The maximum atomic E-state index is 12.9. The summed E-state index contributed by atoms with van der Waals surface area (Å²) in [5, 5.41) is 0.487. The van der Waals surface area contributed by atoms with E-state index in [0.717, 1.165) is 16.9 Å². The number of aryl methyl sites for hydroxylation is 1. The van der Waals surface area contributed by atoms with Gasteiger partial charge < -0.3 is 4.57 Å². The van der Waals surface area contributed by atoms with Gasteiger partial charge in [0.05, 0.1) is 23.1 Å². The van der Waals surface area contributed by atoms with Crippen LogP contribution in [0.25, 0.3) is 11.0 Å². The number of carbonyl (C=O) groups is 2. The van der Waals surface area contributed by atoms with E-state index >= 15 is 0 Å². The van der Waals surface area contributed by atoms with Crippen LogP contribution in [0.2, 0.25) is 5.02 Å². The molecule has 2 amide bonds. The zero-order valence-electron chi connectivity index (χ0n) is 12.9. The standard InChI is InChI=1S/C18H14ClN3O2/c1-11-20-14-7-2-3-8-15(14)21(11)16-10-17(23)22(18(16)24)13-6-4-5-12(19)9-13/h2-9,16H,10H2,1H3/t16-/m1/s1. The van der Waals surface area contributed by atoms with Crippen LogP contribution in [-0.2, 0) is 9.59 Å². The van der Waals surface area contributed by atoms with Crippen molar-refractivity contribution in [2.45, 2.75) is 19.4 Å². The number of nitrogens with zero attached hydrogens (tertiary/aromatic N) is 3. The molecule has 1 fully saturated rings. The predicted octanol–water partition coefficient (Wildman–Crippen LogP) is 3.50. The van der Waals surface area contributed by atoms with Gasteiger partial charge in [-0.1, -0.05) is 29.8 Å². The number of aromatic nitrogens is 2. The fraction of sp³-hybridized carbons (Fsp3) is 0.167. The van der Waals surface area contributed by atoms with E-state index in [1.807, 2.05) is 35.8 Å². The van der Waals surface area contributed by atoms with E-state index in [2.05, 4.69) is 4.98 Å². The normalized spacial score (nSPS) is 17.9. The molecule has 0 N–H and O–H groups in total. The molecule has 0 bridgehead atoms. The molecule has 1 aliphatic heterocycles. The Bertz CT molecular complexity index is 979. The summed E-state index contributed by atoms with van der Waals surface area (Å²) in [4.78, 5) is 31.1. The molecule has 6 heteroatoms. The summed E-state index contributed by atoms with van der Waals surface area (Å²) in [5.41, 5.74) is 2.17. The van der Waals surface area contributed by atoms with Gasteiger partial charge in [-0.3, -0.25) is 9.59 Å². The molecule has 1 aliphatic rings. The fourth-order valence-electron chi connectivity index (χ4n) is 3.26. The topological polar surface area (TPSA) is 55.2 Å². The molecule has 1 atom stereocenters. The minimum absolute atomic E-state index is 0.118. The summed E-state index contributed by atoms with van der Waals surface area (Å²) in [5.74, 6) is 0.230. The van der Waals surface area contributed by atoms with E-state index in [1.54, 1.807) is 24.3 Å². The Morgan fingerprint density at radius 2 is 1.92 bits per heavy atom. The SMILES string of the molecule is Cc1nc2ccccc2n1[C@@H]1CC(=O)N(c2cccc(Cl)c2)C1=O. The van der Waals surface area contributed by atoms with Gasteiger partial charge in [-0.15, -0.1) is 0 Å². The first-order valence-electron chi connectivity index (χ1n) is 7.62. The van der Waals surface area contributed by atoms with Crippen molar-refractivity contribution in [3.05, 3.63) is 59.4 Å². The number of para-hydroxylation sites is 2. The summed E-state index contributed by atoms with van der Waals surface area (Å²) < 4.78 is 1.85. The Hall–Kier alpha value is -2.66. The first-order valence-corrected chi connectivity index (χ1v) is 8.00. The molecule has 0 radical (unpaired) electrons. The van der Waals surface area contributed by atoms with Gasteiger partial charge in [0.2, 0.25) is 5.91 Å². The van der Waals surface area contributed by atoms with Gasteiger partial charge in [-0.05, 0) is 37.3 Å². The molecule has 3 aromatic rings. The molecule has 0 aliphatic carbocycles. The molecule has 4 rings (SSSR count). The van der Waals surface area contributed by atoms with Crippen molar-refractivity contribution < 1.29 is 9.59 Å². The summed E-state index contributed by atoms with van der Waals surface area (Å²) in [6.45, 7) is 1.85. The second kappa shape index (κ2) is 5.46.